The van der Waals surface area contributed by atoms with Gasteiger partial charge < -0.3 is 19.9 Å². The van der Waals surface area contributed by atoms with Gasteiger partial charge in [-0.05, 0) is 43.6 Å². The van der Waals surface area contributed by atoms with Crippen LogP contribution in [0.5, 0.6) is 0 Å². The quantitative estimate of drug-likeness (QED) is 0.671. The molecule has 7 heteroatoms. The zero-order valence-corrected chi connectivity index (χ0v) is 18.0. The van der Waals surface area contributed by atoms with Gasteiger partial charge in [-0.25, -0.2) is 4.98 Å². The highest BCUT2D eigenvalue weighted by Crippen LogP contribution is 2.31. The number of rotatable bonds is 9. The maximum atomic E-state index is 12.9. The summed E-state index contributed by atoms with van der Waals surface area (Å²) >= 11 is 0. The molecule has 0 bridgehead atoms. The van der Waals surface area contributed by atoms with Gasteiger partial charge in [0.2, 0.25) is 5.95 Å². The van der Waals surface area contributed by atoms with Crippen LogP contribution in [-0.2, 0) is 11.2 Å². The first kappa shape index (κ1) is 20.2. The van der Waals surface area contributed by atoms with Gasteiger partial charge in [-0.3, -0.25) is 4.79 Å². The summed E-state index contributed by atoms with van der Waals surface area (Å²) < 4.78 is 5.51. The average Bonchev–Trinajstić information content (AvgIpc) is 3.74. The van der Waals surface area contributed by atoms with E-state index in [1.54, 1.807) is 0 Å². The Morgan fingerprint density at radius 3 is 2.58 bits per heavy atom. The van der Waals surface area contributed by atoms with Gasteiger partial charge in [-0.1, -0.05) is 30.3 Å². The van der Waals surface area contributed by atoms with Gasteiger partial charge in [0.1, 0.15) is 11.5 Å². The molecule has 1 aromatic carbocycles. The van der Waals surface area contributed by atoms with Crippen molar-refractivity contribution in [1.29, 1.82) is 0 Å². The second-order valence-electron chi connectivity index (χ2n) is 8.82. The van der Waals surface area contributed by atoms with Gasteiger partial charge in [0.15, 0.2) is 0 Å². The SMILES string of the molecule is O=C(NCC1CC1)c1cc(N2CCOCC2)nc(N(CCc2ccccc2)C2CC2)n1. The number of ether oxygens (including phenoxy) is 1. The van der Waals surface area contributed by atoms with Gasteiger partial charge in [0, 0.05) is 38.3 Å². The van der Waals surface area contributed by atoms with Crippen LogP contribution in [0, 0.1) is 5.92 Å². The van der Waals surface area contributed by atoms with Crippen LogP contribution in [-0.4, -0.2) is 61.3 Å². The third-order valence-corrected chi connectivity index (χ3v) is 6.25. The molecule has 0 unspecified atom stereocenters. The molecular weight excluding hydrogens is 390 g/mol. The summed E-state index contributed by atoms with van der Waals surface area (Å²) in [5, 5.41) is 3.07. The number of anilines is 2. The Morgan fingerprint density at radius 1 is 1.10 bits per heavy atom. The maximum Gasteiger partial charge on any atom is 0.270 e. The lowest BCUT2D eigenvalue weighted by atomic mass is 10.1. The lowest BCUT2D eigenvalue weighted by Crippen LogP contribution is -2.38. The Kier molecular flexibility index (Phi) is 6.02. The second kappa shape index (κ2) is 9.22. The van der Waals surface area contributed by atoms with Gasteiger partial charge in [0.25, 0.3) is 5.91 Å². The van der Waals surface area contributed by atoms with E-state index in [1.807, 2.05) is 12.1 Å². The van der Waals surface area contributed by atoms with Gasteiger partial charge >= 0.3 is 0 Å². The summed E-state index contributed by atoms with van der Waals surface area (Å²) in [7, 11) is 0. The third kappa shape index (κ3) is 5.34. The van der Waals surface area contributed by atoms with E-state index < -0.39 is 0 Å². The number of hydrogen-bond acceptors (Lipinski definition) is 6. The van der Waals surface area contributed by atoms with Crippen molar-refractivity contribution in [3.05, 3.63) is 47.7 Å². The number of amides is 1. The summed E-state index contributed by atoms with van der Waals surface area (Å²) in [5.41, 5.74) is 1.78. The average molecular weight is 422 g/mol. The van der Waals surface area contributed by atoms with Crippen LogP contribution in [0.15, 0.2) is 36.4 Å². The normalized spacial score (nSPS) is 18.6. The van der Waals surface area contributed by atoms with Crippen molar-refractivity contribution < 1.29 is 9.53 Å². The van der Waals surface area contributed by atoms with Crippen LogP contribution < -0.4 is 15.1 Å². The molecule has 7 nitrogen and oxygen atoms in total. The number of nitrogens with zero attached hydrogens (tertiary/aromatic N) is 4. The lowest BCUT2D eigenvalue weighted by molar-refractivity contribution is 0.0946. The van der Waals surface area contributed by atoms with E-state index in [2.05, 4.69) is 39.4 Å². The molecular formula is C24H31N5O2. The molecule has 1 amide bonds. The van der Waals surface area contributed by atoms with E-state index >= 15 is 0 Å². The van der Waals surface area contributed by atoms with E-state index in [9.17, 15) is 4.79 Å². The maximum absolute atomic E-state index is 12.9. The Morgan fingerprint density at radius 2 is 1.87 bits per heavy atom. The van der Waals surface area contributed by atoms with Crippen molar-refractivity contribution in [3.8, 4) is 0 Å². The molecule has 1 saturated heterocycles. The molecule has 0 radical (unpaired) electrons. The summed E-state index contributed by atoms with van der Waals surface area (Å²) in [6, 6.07) is 12.8. The molecule has 0 spiro atoms. The van der Waals surface area contributed by atoms with Crippen LogP contribution in [0.25, 0.3) is 0 Å². The van der Waals surface area contributed by atoms with Gasteiger partial charge in [-0.2, -0.15) is 4.98 Å². The first-order chi connectivity index (χ1) is 15.3. The number of nitrogens with one attached hydrogen (secondary N) is 1. The lowest BCUT2D eigenvalue weighted by Gasteiger charge is -2.30. The molecule has 1 aliphatic heterocycles. The van der Waals surface area contributed by atoms with Crippen molar-refractivity contribution in [3.63, 3.8) is 0 Å². The third-order valence-electron chi connectivity index (χ3n) is 6.25. The fourth-order valence-electron chi connectivity index (χ4n) is 4.00. The Balaban J connectivity index is 1.39. The van der Waals surface area contributed by atoms with Crippen LogP contribution in [0.1, 0.15) is 41.7 Å². The summed E-state index contributed by atoms with van der Waals surface area (Å²) in [6.07, 6.45) is 5.67. The molecule has 2 aromatic rings. The minimum absolute atomic E-state index is 0.0936. The van der Waals surface area contributed by atoms with E-state index in [0.29, 0.717) is 36.8 Å². The Bertz CT molecular complexity index is 892. The van der Waals surface area contributed by atoms with Gasteiger partial charge in [-0.15, -0.1) is 0 Å². The fraction of sp³-hybridized carbons (Fsp3) is 0.542. The molecule has 2 saturated carbocycles. The van der Waals surface area contributed by atoms with Crippen LogP contribution in [0.4, 0.5) is 11.8 Å². The van der Waals surface area contributed by atoms with Crippen molar-refractivity contribution in [2.45, 2.75) is 38.1 Å². The minimum atomic E-state index is -0.0936. The number of benzene rings is 1. The minimum Gasteiger partial charge on any atom is -0.378 e. The topological polar surface area (TPSA) is 70.6 Å². The molecule has 2 aliphatic carbocycles. The number of carbonyl (C=O) groups excluding carboxylic acids is 1. The molecule has 3 aliphatic rings. The first-order valence-corrected chi connectivity index (χ1v) is 11.6. The number of carbonyl (C=O) groups is 1. The van der Waals surface area contributed by atoms with Crippen molar-refractivity contribution in [2.24, 2.45) is 5.92 Å². The monoisotopic (exact) mass is 421 g/mol. The Hall–Kier alpha value is -2.67. The van der Waals surface area contributed by atoms with Crippen molar-refractivity contribution in [2.75, 3.05) is 49.2 Å². The van der Waals surface area contributed by atoms with Crippen molar-refractivity contribution in [1.82, 2.24) is 15.3 Å². The number of morpholine rings is 1. The summed E-state index contributed by atoms with van der Waals surface area (Å²) in [5.74, 6) is 2.05. The molecule has 1 N–H and O–H groups in total. The highest BCUT2D eigenvalue weighted by atomic mass is 16.5. The van der Waals surface area contributed by atoms with E-state index in [4.69, 9.17) is 14.7 Å². The van der Waals surface area contributed by atoms with Crippen molar-refractivity contribution >= 4 is 17.7 Å². The molecule has 31 heavy (non-hydrogen) atoms. The molecule has 2 heterocycles. The molecule has 0 atom stereocenters. The standard InChI is InChI=1S/C24H31N5O2/c30-23(25-17-19-6-7-19)21-16-22(28-12-14-31-15-13-28)27-24(26-21)29(20-8-9-20)11-10-18-4-2-1-3-5-18/h1-5,16,19-20H,6-15,17H2,(H,25,30). The molecule has 1 aromatic heterocycles. The second-order valence-corrected chi connectivity index (χ2v) is 8.82. The van der Waals surface area contributed by atoms with Crippen LogP contribution in [0.3, 0.4) is 0 Å². The van der Waals surface area contributed by atoms with Crippen LogP contribution in [0.2, 0.25) is 0 Å². The predicted octanol–water partition coefficient (Wildman–Crippen LogP) is 2.66. The molecule has 3 fully saturated rings. The number of hydrogen-bond donors (Lipinski definition) is 1. The molecule has 164 valence electrons. The highest BCUT2D eigenvalue weighted by molar-refractivity contribution is 5.93. The fourth-order valence-corrected chi connectivity index (χ4v) is 4.00. The van der Waals surface area contributed by atoms with Gasteiger partial charge in [0.05, 0.1) is 13.2 Å². The molecule has 5 rings (SSSR count). The van der Waals surface area contributed by atoms with Crippen LogP contribution >= 0.6 is 0 Å². The van der Waals surface area contributed by atoms with E-state index in [0.717, 1.165) is 51.3 Å². The highest BCUT2D eigenvalue weighted by Gasteiger charge is 2.32. The van der Waals surface area contributed by atoms with E-state index in [1.165, 1.54) is 18.4 Å². The largest absolute Gasteiger partial charge is 0.378 e. The smallest absolute Gasteiger partial charge is 0.270 e. The Labute approximate surface area is 183 Å². The zero-order valence-electron chi connectivity index (χ0n) is 18.0. The zero-order chi connectivity index (χ0) is 21.0. The predicted molar refractivity (Wildman–Crippen MR) is 121 cm³/mol. The number of aromatic nitrogens is 2. The summed E-state index contributed by atoms with van der Waals surface area (Å²) in [6.45, 7) is 4.53. The summed E-state index contributed by atoms with van der Waals surface area (Å²) in [4.78, 5) is 27.1. The van der Waals surface area contributed by atoms with E-state index in [-0.39, 0.29) is 5.91 Å². The first-order valence-electron chi connectivity index (χ1n) is 11.6.